The molecular weight excluding hydrogens is 222 g/mol. The van der Waals surface area contributed by atoms with Crippen molar-refractivity contribution in [2.24, 2.45) is 11.7 Å². The molecule has 0 bridgehead atoms. The van der Waals surface area contributed by atoms with Gasteiger partial charge < -0.3 is 10.6 Å². The number of hydrogen-bond acceptors (Lipinski definition) is 2. The lowest BCUT2D eigenvalue weighted by Crippen LogP contribution is -2.26. The molecule has 1 aromatic carbocycles. The number of nitrogens with one attached hydrogen (secondary N) is 1. The number of nitrogen functional groups attached to an aromatic ring is 1. The average Bonchev–Trinajstić information content (AvgIpc) is 2.15. The summed E-state index contributed by atoms with van der Waals surface area (Å²) in [5.74, 6) is 0.556. The molecule has 0 amide bonds. The SMILES string of the molecule is CC(C)CN(C)c1cccc(Cl)c1C(=N)N. The van der Waals surface area contributed by atoms with E-state index in [0.29, 0.717) is 16.5 Å². The van der Waals surface area contributed by atoms with Gasteiger partial charge >= 0.3 is 0 Å². The molecule has 1 rings (SSSR count). The largest absolute Gasteiger partial charge is 0.384 e. The molecule has 3 nitrogen and oxygen atoms in total. The molecule has 0 aliphatic rings. The van der Waals surface area contributed by atoms with Gasteiger partial charge in [-0.2, -0.15) is 0 Å². The van der Waals surface area contributed by atoms with Gasteiger partial charge in [-0.3, -0.25) is 5.41 Å². The van der Waals surface area contributed by atoms with Crippen LogP contribution in [0.5, 0.6) is 0 Å². The third kappa shape index (κ3) is 2.89. The monoisotopic (exact) mass is 239 g/mol. The van der Waals surface area contributed by atoms with Crippen LogP contribution in [0.1, 0.15) is 19.4 Å². The van der Waals surface area contributed by atoms with Crippen LogP contribution in [-0.4, -0.2) is 19.4 Å². The molecule has 0 saturated heterocycles. The summed E-state index contributed by atoms with van der Waals surface area (Å²) in [4.78, 5) is 2.08. The Labute approximate surface area is 102 Å². The molecule has 16 heavy (non-hydrogen) atoms. The molecule has 0 atom stereocenters. The Balaban J connectivity index is 3.12. The van der Waals surface area contributed by atoms with Crippen molar-refractivity contribution in [3.63, 3.8) is 0 Å². The molecule has 88 valence electrons. The van der Waals surface area contributed by atoms with Crippen LogP contribution in [0.25, 0.3) is 0 Å². The predicted molar refractivity (Wildman–Crippen MR) is 70.6 cm³/mol. The summed E-state index contributed by atoms with van der Waals surface area (Å²) in [6.45, 7) is 5.20. The second-order valence-corrected chi connectivity index (χ2v) is 4.73. The maximum atomic E-state index is 7.56. The van der Waals surface area contributed by atoms with E-state index in [-0.39, 0.29) is 5.84 Å². The van der Waals surface area contributed by atoms with Gasteiger partial charge in [0.25, 0.3) is 0 Å². The first-order valence-corrected chi connectivity index (χ1v) is 5.65. The maximum absolute atomic E-state index is 7.56. The molecule has 0 spiro atoms. The van der Waals surface area contributed by atoms with Crippen molar-refractivity contribution in [2.75, 3.05) is 18.5 Å². The van der Waals surface area contributed by atoms with E-state index >= 15 is 0 Å². The Hall–Kier alpha value is -1.22. The van der Waals surface area contributed by atoms with E-state index in [9.17, 15) is 0 Å². The van der Waals surface area contributed by atoms with E-state index in [2.05, 4.69) is 18.7 Å². The van der Waals surface area contributed by atoms with Crippen molar-refractivity contribution >= 4 is 23.1 Å². The summed E-state index contributed by atoms with van der Waals surface area (Å²) < 4.78 is 0. The number of nitrogens with two attached hydrogens (primary N) is 1. The Morgan fingerprint density at radius 2 is 2.12 bits per heavy atom. The molecule has 0 radical (unpaired) electrons. The van der Waals surface area contributed by atoms with E-state index in [1.54, 1.807) is 6.07 Å². The third-order valence-electron chi connectivity index (χ3n) is 2.31. The number of hydrogen-bond donors (Lipinski definition) is 2. The van der Waals surface area contributed by atoms with E-state index < -0.39 is 0 Å². The second-order valence-electron chi connectivity index (χ2n) is 4.32. The Morgan fingerprint density at radius 1 is 1.50 bits per heavy atom. The summed E-state index contributed by atoms with van der Waals surface area (Å²) >= 11 is 6.06. The fourth-order valence-corrected chi connectivity index (χ4v) is 2.01. The average molecular weight is 240 g/mol. The topological polar surface area (TPSA) is 53.1 Å². The number of benzene rings is 1. The van der Waals surface area contributed by atoms with Crippen LogP contribution in [0.15, 0.2) is 18.2 Å². The zero-order valence-electron chi connectivity index (χ0n) is 9.92. The zero-order valence-corrected chi connectivity index (χ0v) is 10.7. The molecule has 0 heterocycles. The van der Waals surface area contributed by atoms with E-state index in [1.807, 2.05) is 19.2 Å². The molecule has 0 fully saturated rings. The number of halogens is 1. The summed E-state index contributed by atoms with van der Waals surface area (Å²) in [5.41, 5.74) is 7.08. The second kappa shape index (κ2) is 5.21. The minimum atomic E-state index is 0.0104. The Morgan fingerprint density at radius 3 is 2.62 bits per heavy atom. The van der Waals surface area contributed by atoms with Crippen LogP contribution < -0.4 is 10.6 Å². The lowest BCUT2D eigenvalue weighted by Gasteiger charge is -2.24. The Kier molecular flexibility index (Phi) is 4.19. The maximum Gasteiger partial charge on any atom is 0.126 e. The van der Waals surface area contributed by atoms with Crippen molar-refractivity contribution in [3.8, 4) is 0 Å². The van der Waals surface area contributed by atoms with Gasteiger partial charge in [-0.05, 0) is 18.1 Å². The predicted octanol–water partition coefficient (Wildman–Crippen LogP) is 2.72. The van der Waals surface area contributed by atoms with Gasteiger partial charge in [-0.15, -0.1) is 0 Å². The summed E-state index contributed by atoms with van der Waals surface area (Å²) in [5, 5.41) is 8.09. The van der Waals surface area contributed by atoms with Gasteiger partial charge in [0.1, 0.15) is 5.84 Å². The molecule has 0 aliphatic heterocycles. The third-order valence-corrected chi connectivity index (χ3v) is 2.63. The van der Waals surface area contributed by atoms with Crippen LogP contribution in [-0.2, 0) is 0 Å². The minimum Gasteiger partial charge on any atom is -0.384 e. The van der Waals surface area contributed by atoms with Crippen LogP contribution in [0.3, 0.4) is 0 Å². The first-order valence-electron chi connectivity index (χ1n) is 5.27. The van der Waals surface area contributed by atoms with E-state index in [1.165, 1.54) is 0 Å². The van der Waals surface area contributed by atoms with Crippen LogP contribution >= 0.6 is 11.6 Å². The number of anilines is 1. The van der Waals surface area contributed by atoms with Gasteiger partial charge in [0.05, 0.1) is 10.6 Å². The normalized spacial score (nSPS) is 10.6. The number of nitrogens with zero attached hydrogens (tertiary/aromatic N) is 1. The quantitative estimate of drug-likeness (QED) is 0.627. The molecule has 4 heteroatoms. The molecule has 0 aliphatic carbocycles. The number of amidine groups is 1. The zero-order chi connectivity index (χ0) is 12.3. The standard InChI is InChI=1S/C12H18ClN3/c1-8(2)7-16(3)10-6-4-5-9(13)11(10)12(14)15/h4-6,8H,7H2,1-3H3,(H3,14,15). The minimum absolute atomic E-state index is 0.0104. The summed E-state index contributed by atoms with van der Waals surface area (Å²) in [7, 11) is 1.98. The van der Waals surface area contributed by atoms with Crippen LogP contribution in [0.2, 0.25) is 5.02 Å². The van der Waals surface area contributed by atoms with Gasteiger partial charge in [0.15, 0.2) is 0 Å². The van der Waals surface area contributed by atoms with Crippen molar-refractivity contribution < 1.29 is 0 Å². The lowest BCUT2D eigenvalue weighted by molar-refractivity contribution is 0.638. The fraction of sp³-hybridized carbons (Fsp3) is 0.417. The van der Waals surface area contributed by atoms with Crippen LogP contribution in [0.4, 0.5) is 5.69 Å². The van der Waals surface area contributed by atoms with Gasteiger partial charge in [-0.1, -0.05) is 31.5 Å². The molecular formula is C12H18ClN3. The van der Waals surface area contributed by atoms with Crippen molar-refractivity contribution in [1.82, 2.24) is 0 Å². The highest BCUT2D eigenvalue weighted by molar-refractivity contribution is 6.34. The van der Waals surface area contributed by atoms with E-state index in [4.69, 9.17) is 22.7 Å². The fourth-order valence-electron chi connectivity index (χ4n) is 1.74. The highest BCUT2D eigenvalue weighted by Crippen LogP contribution is 2.26. The molecule has 3 N–H and O–H groups in total. The molecule has 0 aromatic heterocycles. The smallest absolute Gasteiger partial charge is 0.126 e. The van der Waals surface area contributed by atoms with Crippen molar-refractivity contribution in [2.45, 2.75) is 13.8 Å². The van der Waals surface area contributed by atoms with Crippen molar-refractivity contribution in [3.05, 3.63) is 28.8 Å². The Bertz CT molecular complexity index is 388. The molecule has 1 aromatic rings. The van der Waals surface area contributed by atoms with Crippen LogP contribution in [0, 0.1) is 11.3 Å². The van der Waals surface area contributed by atoms with Gasteiger partial charge in [0, 0.05) is 19.3 Å². The number of rotatable bonds is 4. The highest BCUT2D eigenvalue weighted by atomic mass is 35.5. The highest BCUT2D eigenvalue weighted by Gasteiger charge is 2.13. The van der Waals surface area contributed by atoms with E-state index in [0.717, 1.165) is 12.2 Å². The summed E-state index contributed by atoms with van der Waals surface area (Å²) in [6.07, 6.45) is 0. The molecule has 0 saturated carbocycles. The summed E-state index contributed by atoms with van der Waals surface area (Å²) in [6, 6.07) is 5.57. The first-order chi connectivity index (χ1) is 7.43. The lowest BCUT2D eigenvalue weighted by atomic mass is 10.1. The van der Waals surface area contributed by atoms with Gasteiger partial charge in [0.2, 0.25) is 0 Å². The van der Waals surface area contributed by atoms with Gasteiger partial charge in [-0.25, -0.2) is 0 Å². The molecule has 0 unspecified atom stereocenters. The van der Waals surface area contributed by atoms with Crippen molar-refractivity contribution in [1.29, 1.82) is 5.41 Å². The first kappa shape index (κ1) is 12.8.